The van der Waals surface area contributed by atoms with Crippen molar-refractivity contribution in [2.24, 2.45) is 29.1 Å². The minimum absolute atomic E-state index is 0.0639. The van der Waals surface area contributed by atoms with Crippen LogP contribution in [0.1, 0.15) is 73.6 Å². The predicted octanol–water partition coefficient (Wildman–Crippen LogP) is 3.85. The van der Waals surface area contributed by atoms with E-state index >= 15 is 0 Å². The second-order valence-electron chi connectivity index (χ2n) is 9.76. The molecule has 4 nitrogen and oxygen atoms in total. The molecule has 1 saturated heterocycles. The van der Waals surface area contributed by atoms with Crippen molar-refractivity contribution in [2.45, 2.75) is 79.7 Å². The lowest BCUT2D eigenvalue weighted by molar-refractivity contribution is -0.142. The maximum absolute atomic E-state index is 12.8. The molecular weight excluding hydrogens is 312 g/mol. The van der Waals surface area contributed by atoms with Crippen LogP contribution in [0, 0.1) is 29.1 Å². The summed E-state index contributed by atoms with van der Waals surface area (Å²) in [5.74, 6) is 2.40. The Hall–Kier alpha value is -1.06. The first kappa shape index (κ1) is 20.3. The first-order valence-electron chi connectivity index (χ1n) is 10.2. The molecule has 2 rings (SSSR count). The molecule has 0 radical (unpaired) electrons. The number of hydrogen-bond acceptors (Lipinski definition) is 2. The minimum Gasteiger partial charge on any atom is -0.353 e. The number of likely N-dealkylation sites (tertiary alicyclic amines) is 1. The number of hydrogen-bond donors (Lipinski definition) is 1. The molecule has 2 fully saturated rings. The zero-order valence-corrected chi connectivity index (χ0v) is 17.1. The van der Waals surface area contributed by atoms with E-state index < -0.39 is 0 Å². The highest BCUT2D eigenvalue weighted by atomic mass is 16.2. The van der Waals surface area contributed by atoms with E-state index in [1.54, 1.807) is 0 Å². The van der Waals surface area contributed by atoms with Crippen molar-refractivity contribution in [3.05, 3.63) is 0 Å². The average Bonchev–Trinajstić information content (AvgIpc) is 2.53. The molecule has 1 N–H and O–H groups in total. The normalized spacial score (nSPS) is 28.9. The largest absolute Gasteiger partial charge is 0.353 e. The van der Waals surface area contributed by atoms with E-state index in [4.69, 9.17) is 0 Å². The summed E-state index contributed by atoms with van der Waals surface area (Å²) < 4.78 is 0. The zero-order valence-electron chi connectivity index (χ0n) is 17.1. The maximum Gasteiger partial charge on any atom is 0.227 e. The third-order valence-electron chi connectivity index (χ3n) is 6.14. The fourth-order valence-corrected chi connectivity index (χ4v) is 4.49. The van der Waals surface area contributed by atoms with Crippen LogP contribution in [0.15, 0.2) is 0 Å². The highest BCUT2D eigenvalue weighted by molar-refractivity contribution is 5.82. The maximum atomic E-state index is 12.8. The van der Waals surface area contributed by atoms with Gasteiger partial charge in [-0.15, -0.1) is 0 Å². The number of amides is 2. The Kier molecular flexibility index (Phi) is 6.56. The van der Waals surface area contributed by atoms with E-state index in [2.05, 4.69) is 26.1 Å². The van der Waals surface area contributed by atoms with Crippen molar-refractivity contribution in [1.29, 1.82) is 0 Å². The fraction of sp³-hybridized carbons (Fsp3) is 0.905. The lowest BCUT2D eigenvalue weighted by atomic mass is 9.74. The van der Waals surface area contributed by atoms with Crippen LogP contribution < -0.4 is 5.32 Å². The zero-order chi connectivity index (χ0) is 18.8. The van der Waals surface area contributed by atoms with E-state index in [1.165, 1.54) is 12.8 Å². The molecule has 0 spiro atoms. The molecule has 1 saturated carbocycles. The van der Waals surface area contributed by atoms with Crippen molar-refractivity contribution < 1.29 is 9.59 Å². The molecule has 0 aromatic rings. The predicted molar refractivity (Wildman–Crippen MR) is 102 cm³/mol. The van der Waals surface area contributed by atoms with Gasteiger partial charge in [0.15, 0.2) is 0 Å². The summed E-state index contributed by atoms with van der Waals surface area (Å²) in [5.41, 5.74) is -0.335. The average molecular weight is 351 g/mol. The molecule has 0 bridgehead atoms. The molecule has 0 aromatic heterocycles. The molecule has 1 aliphatic heterocycles. The molecule has 3 unspecified atom stereocenters. The summed E-state index contributed by atoms with van der Waals surface area (Å²) in [6.45, 7) is 14.2. The molecule has 25 heavy (non-hydrogen) atoms. The molecule has 1 aliphatic carbocycles. The van der Waals surface area contributed by atoms with Gasteiger partial charge in [-0.3, -0.25) is 9.59 Å². The molecule has 0 aromatic carbocycles. The summed E-state index contributed by atoms with van der Waals surface area (Å²) in [5, 5.41) is 3.38. The molecule has 144 valence electrons. The smallest absolute Gasteiger partial charge is 0.227 e. The summed E-state index contributed by atoms with van der Waals surface area (Å²) in [4.78, 5) is 27.1. The van der Waals surface area contributed by atoms with Crippen LogP contribution in [-0.2, 0) is 9.59 Å². The van der Waals surface area contributed by atoms with Crippen LogP contribution in [0.5, 0.6) is 0 Å². The quantitative estimate of drug-likeness (QED) is 0.840. The van der Waals surface area contributed by atoms with Gasteiger partial charge >= 0.3 is 0 Å². The van der Waals surface area contributed by atoms with Gasteiger partial charge in [0.25, 0.3) is 0 Å². The van der Waals surface area contributed by atoms with Crippen molar-refractivity contribution in [2.75, 3.05) is 13.1 Å². The lowest BCUT2D eigenvalue weighted by Crippen LogP contribution is -2.50. The van der Waals surface area contributed by atoms with Gasteiger partial charge in [-0.25, -0.2) is 0 Å². The topological polar surface area (TPSA) is 49.4 Å². The highest BCUT2D eigenvalue weighted by Gasteiger charge is 2.35. The monoisotopic (exact) mass is 350 g/mol. The summed E-state index contributed by atoms with van der Waals surface area (Å²) in [6.07, 6.45) is 5.20. The third kappa shape index (κ3) is 5.21. The van der Waals surface area contributed by atoms with Crippen molar-refractivity contribution >= 4 is 11.8 Å². The van der Waals surface area contributed by atoms with E-state index in [0.717, 1.165) is 19.3 Å². The van der Waals surface area contributed by atoms with Crippen LogP contribution in [0.4, 0.5) is 0 Å². The first-order valence-corrected chi connectivity index (χ1v) is 10.2. The number of rotatable bonds is 3. The van der Waals surface area contributed by atoms with Gasteiger partial charge in [0.05, 0.1) is 0 Å². The molecular formula is C21H38N2O2. The fourth-order valence-electron chi connectivity index (χ4n) is 4.49. The van der Waals surface area contributed by atoms with Gasteiger partial charge in [0.1, 0.15) is 0 Å². The van der Waals surface area contributed by atoms with Gasteiger partial charge in [0.2, 0.25) is 11.8 Å². The Morgan fingerprint density at radius 2 is 1.64 bits per heavy atom. The molecule has 4 heteroatoms. The third-order valence-corrected chi connectivity index (χ3v) is 6.14. The van der Waals surface area contributed by atoms with Crippen LogP contribution in [0.2, 0.25) is 0 Å². The number of piperidine rings is 1. The van der Waals surface area contributed by atoms with E-state index in [9.17, 15) is 9.59 Å². The van der Waals surface area contributed by atoms with Gasteiger partial charge in [-0.05, 0) is 43.4 Å². The second-order valence-corrected chi connectivity index (χ2v) is 9.76. The Morgan fingerprint density at radius 3 is 2.16 bits per heavy atom. The number of carbonyl (C=O) groups excluding carboxylic acids is 2. The van der Waals surface area contributed by atoms with Crippen molar-refractivity contribution in [3.63, 3.8) is 0 Å². The van der Waals surface area contributed by atoms with E-state index in [0.29, 0.717) is 36.9 Å². The van der Waals surface area contributed by atoms with E-state index in [1.807, 2.05) is 25.7 Å². The van der Waals surface area contributed by atoms with Crippen LogP contribution in [-0.4, -0.2) is 35.8 Å². The second kappa shape index (κ2) is 8.09. The van der Waals surface area contributed by atoms with Gasteiger partial charge < -0.3 is 10.2 Å². The Bertz CT molecular complexity index is 473. The van der Waals surface area contributed by atoms with E-state index in [-0.39, 0.29) is 23.1 Å². The first-order chi connectivity index (χ1) is 11.6. The standard InChI is InChI=1S/C21H38N2O2/c1-14(2)17-8-7-15(3)13-18(17)22-19(24)16-9-11-23(12-10-16)20(25)21(4,5)6/h14-18H,7-13H2,1-6H3,(H,22,24). The van der Waals surface area contributed by atoms with Crippen LogP contribution >= 0.6 is 0 Å². The summed E-state index contributed by atoms with van der Waals surface area (Å²) >= 11 is 0. The van der Waals surface area contributed by atoms with Crippen molar-refractivity contribution in [1.82, 2.24) is 10.2 Å². The molecule has 1 heterocycles. The Balaban J connectivity index is 1.88. The number of nitrogens with one attached hydrogen (secondary N) is 1. The Morgan fingerprint density at radius 1 is 1.04 bits per heavy atom. The number of nitrogens with zero attached hydrogens (tertiary/aromatic N) is 1. The lowest BCUT2D eigenvalue weighted by Gasteiger charge is -2.39. The molecule has 3 atom stereocenters. The van der Waals surface area contributed by atoms with Gasteiger partial charge in [0, 0.05) is 30.5 Å². The molecule has 2 aliphatic rings. The van der Waals surface area contributed by atoms with Crippen LogP contribution in [0.25, 0.3) is 0 Å². The van der Waals surface area contributed by atoms with Crippen LogP contribution in [0.3, 0.4) is 0 Å². The van der Waals surface area contributed by atoms with Gasteiger partial charge in [-0.2, -0.15) is 0 Å². The van der Waals surface area contributed by atoms with Crippen molar-refractivity contribution in [3.8, 4) is 0 Å². The Labute approximate surface area is 154 Å². The number of carbonyl (C=O) groups is 2. The van der Waals surface area contributed by atoms with Gasteiger partial charge in [-0.1, -0.05) is 48.0 Å². The SMILES string of the molecule is CC1CCC(C(C)C)C(NC(=O)C2CCN(C(=O)C(C)(C)C)CC2)C1. The highest BCUT2D eigenvalue weighted by Crippen LogP contribution is 2.34. The summed E-state index contributed by atoms with van der Waals surface area (Å²) in [7, 11) is 0. The minimum atomic E-state index is -0.335. The summed E-state index contributed by atoms with van der Waals surface area (Å²) in [6, 6.07) is 0.325. The molecule has 2 amide bonds.